The summed E-state index contributed by atoms with van der Waals surface area (Å²) in [5.74, 6) is 2.79. The highest BCUT2D eigenvalue weighted by molar-refractivity contribution is 6.23. The first-order chi connectivity index (χ1) is 23.2. The summed E-state index contributed by atoms with van der Waals surface area (Å²) in [6.45, 7) is 3.44. The number of nitrogens with zero attached hydrogens (tertiary/aromatic N) is 5. The van der Waals surface area contributed by atoms with E-state index in [2.05, 4.69) is 27.6 Å². The second-order valence-electron chi connectivity index (χ2n) is 11.7. The fourth-order valence-corrected chi connectivity index (χ4v) is 5.97. The number of benzene rings is 2. The van der Waals surface area contributed by atoms with Crippen LogP contribution in [0.5, 0.6) is 0 Å². The van der Waals surface area contributed by atoms with Crippen LogP contribution in [0.15, 0.2) is 36.7 Å². The van der Waals surface area contributed by atoms with E-state index in [1.807, 2.05) is 4.90 Å². The molecule has 1 unspecified atom stereocenters. The molecule has 1 atom stereocenters. The molecule has 2 aromatic carbocycles. The van der Waals surface area contributed by atoms with Gasteiger partial charge in [-0.1, -0.05) is 18.8 Å². The molecule has 0 bridgehead atoms. The van der Waals surface area contributed by atoms with Crippen LogP contribution in [-0.4, -0.2) is 68.3 Å². The highest BCUT2D eigenvalue weighted by atomic mass is 19.4. The van der Waals surface area contributed by atoms with Gasteiger partial charge in [0.25, 0.3) is 11.8 Å². The second-order valence-corrected chi connectivity index (χ2v) is 11.7. The van der Waals surface area contributed by atoms with Gasteiger partial charge in [-0.05, 0) is 43.2 Å². The number of carbonyl (C=O) groups excluding carboxylic acids is 5. The number of nitro benzene ring substituents is 1. The molecule has 17 heteroatoms. The molecule has 252 valence electrons. The predicted octanol–water partition coefficient (Wildman–Crippen LogP) is 3.35. The molecular formula is C32H26F3N7O7. The maximum absolute atomic E-state index is 14.1. The summed E-state index contributed by atoms with van der Waals surface area (Å²) in [5, 5.41) is 20.4. The maximum atomic E-state index is 14.1. The zero-order valence-electron chi connectivity index (χ0n) is 25.9. The van der Waals surface area contributed by atoms with Gasteiger partial charge >= 0.3 is 11.9 Å². The summed E-state index contributed by atoms with van der Waals surface area (Å²) in [6.07, 6.45) is -2.57. The Bertz CT molecular complexity index is 2040. The number of fused-ring (bicyclic) bond motifs is 1. The van der Waals surface area contributed by atoms with E-state index >= 15 is 0 Å². The number of halogens is 3. The number of rotatable bonds is 6. The Kier molecular flexibility index (Phi) is 8.18. The topological polar surface area (TPSA) is 177 Å². The molecule has 3 aromatic rings. The number of nitrogens with one attached hydrogen (secondary N) is 2. The van der Waals surface area contributed by atoms with Crippen LogP contribution in [0.4, 0.5) is 30.2 Å². The first kappa shape index (κ1) is 32.9. The first-order valence-corrected chi connectivity index (χ1v) is 15.0. The Morgan fingerprint density at radius 1 is 1.14 bits per heavy atom. The van der Waals surface area contributed by atoms with Crippen molar-refractivity contribution in [3.63, 3.8) is 0 Å². The molecule has 3 aliphatic rings. The Morgan fingerprint density at radius 2 is 1.86 bits per heavy atom. The van der Waals surface area contributed by atoms with Crippen LogP contribution in [0.1, 0.15) is 63.6 Å². The number of anilines is 2. The summed E-state index contributed by atoms with van der Waals surface area (Å²) in [5.41, 5.74) is -2.74. The Labute approximate surface area is 275 Å². The van der Waals surface area contributed by atoms with Crippen LogP contribution < -0.4 is 15.5 Å². The van der Waals surface area contributed by atoms with Crippen LogP contribution >= 0.6 is 0 Å². The van der Waals surface area contributed by atoms with Crippen molar-refractivity contribution in [1.29, 1.82) is 0 Å². The van der Waals surface area contributed by atoms with Crippen LogP contribution in [-0.2, 0) is 20.6 Å². The van der Waals surface area contributed by atoms with Crippen molar-refractivity contribution in [2.45, 2.75) is 45.3 Å². The average molecular weight is 678 g/mol. The van der Waals surface area contributed by atoms with E-state index < -0.39 is 69.2 Å². The van der Waals surface area contributed by atoms with Gasteiger partial charge in [0.15, 0.2) is 0 Å². The van der Waals surface area contributed by atoms with Crippen molar-refractivity contribution in [2.24, 2.45) is 5.92 Å². The monoisotopic (exact) mass is 677 g/mol. The number of amides is 5. The largest absolute Gasteiger partial charge is 0.423 e. The Hall–Kier alpha value is -6.05. The van der Waals surface area contributed by atoms with Crippen molar-refractivity contribution in [3.05, 3.63) is 74.6 Å². The second kappa shape index (κ2) is 12.2. The lowest BCUT2D eigenvalue weighted by Crippen LogP contribution is -2.54. The van der Waals surface area contributed by atoms with Gasteiger partial charge in [-0.2, -0.15) is 18.3 Å². The molecule has 0 radical (unpaired) electrons. The first-order valence-electron chi connectivity index (χ1n) is 15.0. The van der Waals surface area contributed by atoms with Gasteiger partial charge in [-0.15, -0.1) is 0 Å². The van der Waals surface area contributed by atoms with E-state index in [0.717, 1.165) is 22.6 Å². The van der Waals surface area contributed by atoms with Gasteiger partial charge in [0.1, 0.15) is 17.3 Å². The third-order valence-corrected chi connectivity index (χ3v) is 8.52. The predicted molar refractivity (Wildman–Crippen MR) is 165 cm³/mol. The summed E-state index contributed by atoms with van der Waals surface area (Å²) in [7, 11) is 0. The van der Waals surface area contributed by atoms with Crippen molar-refractivity contribution in [3.8, 4) is 17.5 Å². The fourth-order valence-electron chi connectivity index (χ4n) is 5.97. The van der Waals surface area contributed by atoms with E-state index in [-0.39, 0.29) is 47.6 Å². The minimum Gasteiger partial charge on any atom is -0.369 e. The van der Waals surface area contributed by atoms with E-state index in [9.17, 15) is 47.3 Å². The van der Waals surface area contributed by atoms with Gasteiger partial charge in [0.05, 0.1) is 33.7 Å². The van der Waals surface area contributed by atoms with Crippen molar-refractivity contribution in [2.75, 3.05) is 23.3 Å². The standard InChI is InChI=1S/C32H26F3N7O7/c1-3-25(43)37-22-11-24(28(42(48)49)27(16(22)2)32(33,34)35)40-15-17(12-36-40)4-5-18-13-39(14-18)19-6-7-20-21(10-19)31(47)41(30(20)46)23-8-9-26(44)38-29(23)45/h6-7,10-12,15,18,23H,3,8-9,13-14H2,1-2H3,(H,37,43)(H,38,44,45). The number of hydrogen-bond acceptors (Lipinski definition) is 9. The quantitative estimate of drug-likeness (QED) is 0.171. The van der Waals surface area contributed by atoms with Crippen LogP contribution in [0.2, 0.25) is 0 Å². The molecule has 2 N–H and O–H groups in total. The number of alkyl halides is 3. The van der Waals surface area contributed by atoms with Crippen molar-refractivity contribution in [1.82, 2.24) is 20.0 Å². The number of nitro groups is 1. The van der Waals surface area contributed by atoms with E-state index in [4.69, 9.17) is 0 Å². The number of aromatic nitrogens is 2. The Balaban J connectivity index is 1.18. The van der Waals surface area contributed by atoms with Crippen molar-refractivity contribution < 1.29 is 42.1 Å². The Morgan fingerprint density at radius 3 is 2.51 bits per heavy atom. The highest BCUT2D eigenvalue weighted by Crippen LogP contribution is 2.44. The molecule has 3 aliphatic heterocycles. The molecular weight excluding hydrogens is 651 g/mol. The van der Waals surface area contributed by atoms with E-state index in [0.29, 0.717) is 18.8 Å². The lowest BCUT2D eigenvalue weighted by molar-refractivity contribution is -0.387. The highest BCUT2D eigenvalue weighted by Gasteiger charge is 2.46. The molecule has 2 saturated heterocycles. The fraction of sp³-hybridized carbons (Fsp3) is 0.312. The molecule has 1 aromatic heterocycles. The number of piperidine rings is 1. The molecule has 14 nitrogen and oxygen atoms in total. The molecule has 0 spiro atoms. The summed E-state index contributed by atoms with van der Waals surface area (Å²) in [4.78, 5) is 75.5. The average Bonchev–Trinajstić information content (AvgIpc) is 3.58. The third kappa shape index (κ3) is 5.96. The number of imide groups is 2. The molecule has 4 heterocycles. The SMILES string of the molecule is CCC(=O)Nc1cc(-n2cc(C#CC3CN(c4ccc5c(c4)C(=O)N(C4CCC(=O)NC4=O)C5=O)C3)cn2)c([N+](=O)[O-])c(C(F)(F)F)c1C. The maximum Gasteiger partial charge on any atom is 0.423 e. The van der Waals surface area contributed by atoms with Crippen molar-refractivity contribution >= 4 is 46.6 Å². The number of carbonyl (C=O) groups is 5. The molecule has 0 saturated carbocycles. The van der Waals surface area contributed by atoms with Crippen LogP contribution in [0.25, 0.3) is 5.69 Å². The normalized spacial score (nSPS) is 17.7. The zero-order valence-corrected chi connectivity index (χ0v) is 25.9. The summed E-state index contributed by atoms with van der Waals surface area (Å²) < 4.78 is 43.1. The third-order valence-electron chi connectivity index (χ3n) is 8.52. The van der Waals surface area contributed by atoms with Gasteiger partial charge in [-0.3, -0.25) is 44.3 Å². The number of hydrogen-bond donors (Lipinski definition) is 2. The molecule has 2 fully saturated rings. The van der Waals surface area contributed by atoms with Crippen LogP contribution in [0.3, 0.4) is 0 Å². The smallest absolute Gasteiger partial charge is 0.369 e. The summed E-state index contributed by atoms with van der Waals surface area (Å²) >= 11 is 0. The lowest BCUT2D eigenvalue weighted by Gasteiger charge is -2.38. The van der Waals surface area contributed by atoms with E-state index in [1.165, 1.54) is 25.4 Å². The lowest BCUT2D eigenvalue weighted by atomic mass is 9.98. The van der Waals surface area contributed by atoms with E-state index in [1.54, 1.807) is 12.1 Å². The molecule has 6 rings (SSSR count). The molecule has 5 amide bonds. The van der Waals surface area contributed by atoms with Crippen LogP contribution in [0, 0.1) is 34.8 Å². The zero-order chi connectivity index (χ0) is 35.4. The minimum atomic E-state index is -5.10. The van der Waals surface area contributed by atoms with Gasteiger partial charge < -0.3 is 10.2 Å². The van der Waals surface area contributed by atoms with Gasteiger partial charge in [-0.25, -0.2) is 4.68 Å². The minimum absolute atomic E-state index is 0.0105. The van der Waals surface area contributed by atoms with Gasteiger partial charge in [0.2, 0.25) is 17.7 Å². The summed E-state index contributed by atoms with van der Waals surface area (Å²) in [6, 6.07) is 4.75. The molecule has 0 aliphatic carbocycles. The van der Waals surface area contributed by atoms with Gasteiger partial charge in [0, 0.05) is 43.5 Å². The molecule has 49 heavy (non-hydrogen) atoms.